The van der Waals surface area contributed by atoms with Crippen LogP contribution in [-0.2, 0) is 4.79 Å². The van der Waals surface area contributed by atoms with Crippen LogP contribution in [0.3, 0.4) is 0 Å². The van der Waals surface area contributed by atoms with E-state index in [0.29, 0.717) is 0 Å². The van der Waals surface area contributed by atoms with Crippen molar-refractivity contribution in [1.82, 2.24) is 20.4 Å². The number of aliphatic imine (C=N–C) groups is 1. The molecule has 4 N–H and O–H groups in total. The Bertz CT molecular complexity index is 474. The van der Waals surface area contributed by atoms with Crippen molar-refractivity contribution in [3.05, 3.63) is 0 Å². The molecular weight excluding hydrogens is 491 g/mol. The fourth-order valence-electron chi connectivity index (χ4n) is 4.29. The standard InChI is InChI=1S/C22H44N6O.HI/c1-2-24-22(26-13-9-17-27-14-6-3-4-7-15-27)25-12-5-8-16-28-18-10-20(11-19-28)21(23)29;/h20H,2-19H2,1H3,(H2,23,29)(H2,24,25,26);1H. The number of hydrogen-bond donors (Lipinski definition) is 3. The van der Waals surface area contributed by atoms with E-state index < -0.39 is 0 Å². The first-order valence-corrected chi connectivity index (χ1v) is 11.9. The molecule has 2 fully saturated rings. The number of nitrogens with zero attached hydrogens (tertiary/aromatic N) is 3. The van der Waals surface area contributed by atoms with E-state index in [9.17, 15) is 4.79 Å². The molecule has 0 spiro atoms. The molecule has 8 heteroatoms. The highest BCUT2D eigenvalue weighted by molar-refractivity contribution is 14.0. The fourth-order valence-corrected chi connectivity index (χ4v) is 4.29. The first kappa shape index (κ1) is 27.4. The Kier molecular flexibility index (Phi) is 15.5. The van der Waals surface area contributed by atoms with E-state index in [-0.39, 0.29) is 35.8 Å². The first-order chi connectivity index (χ1) is 14.2. The minimum absolute atomic E-state index is 0. The normalized spacial score (nSPS) is 19.7. The number of carbonyl (C=O) groups is 1. The summed E-state index contributed by atoms with van der Waals surface area (Å²) in [5.74, 6) is 0.910. The number of hydrogen-bond acceptors (Lipinski definition) is 4. The van der Waals surface area contributed by atoms with Crippen LogP contribution in [0.25, 0.3) is 0 Å². The second-order valence-corrected chi connectivity index (χ2v) is 8.52. The molecule has 0 aromatic heterocycles. The van der Waals surface area contributed by atoms with Gasteiger partial charge in [0.1, 0.15) is 0 Å². The molecule has 2 aliphatic rings. The molecule has 2 aliphatic heterocycles. The van der Waals surface area contributed by atoms with Crippen LogP contribution >= 0.6 is 24.0 Å². The lowest BCUT2D eigenvalue weighted by Gasteiger charge is -2.30. The maximum Gasteiger partial charge on any atom is 0.220 e. The summed E-state index contributed by atoms with van der Waals surface area (Å²) >= 11 is 0. The van der Waals surface area contributed by atoms with Gasteiger partial charge in [-0.3, -0.25) is 9.79 Å². The van der Waals surface area contributed by atoms with Crippen molar-refractivity contribution in [2.75, 3.05) is 58.9 Å². The maximum atomic E-state index is 11.2. The van der Waals surface area contributed by atoms with Gasteiger partial charge in [-0.1, -0.05) is 12.8 Å². The minimum Gasteiger partial charge on any atom is -0.369 e. The van der Waals surface area contributed by atoms with Crippen molar-refractivity contribution >= 4 is 35.8 Å². The molecule has 0 unspecified atom stereocenters. The summed E-state index contributed by atoms with van der Waals surface area (Å²) in [6.07, 6.45) is 10.8. The number of unbranched alkanes of at least 4 members (excludes halogenated alkanes) is 1. The molecule has 0 aliphatic carbocycles. The lowest BCUT2D eigenvalue weighted by Crippen LogP contribution is -2.39. The van der Waals surface area contributed by atoms with Crippen molar-refractivity contribution in [2.45, 2.75) is 64.7 Å². The Balaban J connectivity index is 0.00000450. The van der Waals surface area contributed by atoms with Crippen LogP contribution in [0.4, 0.5) is 0 Å². The van der Waals surface area contributed by atoms with Gasteiger partial charge in [0.15, 0.2) is 5.96 Å². The quantitative estimate of drug-likeness (QED) is 0.164. The van der Waals surface area contributed by atoms with Gasteiger partial charge in [-0.05, 0) is 91.1 Å². The van der Waals surface area contributed by atoms with E-state index in [2.05, 4.69) is 27.4 Å². The average Bonchev–Trinajstić information content (AvgIpc) is 3.00. The zero-order chi connectivity index (χ0) is 20.7. The number of guanidine groups is 1. The van der Waals surface area contributed by atoms with Gasteiger partial charge in [0, 0.05) is 25.6 Å². The van der Waals surface area contributed by atoms with Crippen molar-refractivity contribution in [3.63, 3.8) is 0 Å². The third-order valence-corrected chi connectivity index (χ3v) is 6.13. The highest BCUT2D eigenvalue weighted by atomic mass is 127. The van der Waals surface area contributed by atoms with Crippen LogP contribution in [0.5, 0.6) is 0 Å². The summed E-state index contributed by atoms with van der Waals surface area (Å²) in [5, 5.41) is 6.83. The van der Waals surface area contributed by atoms with E-state index in [1.54, 1.807) is 0 Å². The van der Waals surface area contributed by atoms with Crippen LogP contribution < -0.4 is 16.4 Å². The molecule has 7 nitrogen and oxygen atoms in total. The number of rotatable bonds is 11. The highest BCUT2D eigenvalue weighted by Gasteiger charge is 2.22. The van der Waals surface area contributed by atoms with Gasteiger partial charge in [0.05, 0.1) is 0 Å². The monoisotopic (exact) mass is 536 g/mol. The highest BCUT2D eigenvalue weighted by Crippen LogP contribution is 2.16. The second-order valence-electron chi connectivity index (χ2n) is 8.52. The molecule has 2 saturated heterocycles. The van der Waals surface area contributed by atoms with Crippen LogP contribution in [0.15, 0.2) is 4.99 Å². The molecule has 176 valence electrons. The second kappa shape index (κ2) is 17.0. The number of nitrogens with two attached hydrogens (primary N) is 1. The van der Waals surface area contributed by atoms with Crippen molar-refractivity contribution in [3.8, 4) is 0 Å². The Morgan fingerprint density at radius 3 is 2.20 bits per heavy atom. The van der Waals surface area contributed by atoms with Crippen LogP contribution in [0, 0.1) is 5.92 Å². The third-order valence-electron chi connectivity index (χ3n) is 6.13. The Hall–Kier alpha value is -0.610. The van der Waals surface area contributed by atoms with E-state index in [1.807, 2.05) is 0 Å². The van der Waals surface area contributed by atoms with E-state index in [0.717, 1.165) is 70.9 Å². The summed E-state index contributed by atoms with van der Waals surface area (Å²) in [5.41, 5.74) is 5.41. The lowest BCUT2D eigenvalue weighted by atomic mass is 9.96. The number of piperidine rings is 1. The van der Waals surface area contributed by atoms with E-state index >= 15 is 0 Å². The molecule has 0 saturated carbocycles. The molecule has 1 amide bonds. The molecule has 2 rings (SSSR count). The number of nitrogens with one attached hydrogen (secondary N) is 2. The number of carbonyl (C=O) groups excluding carboxylic acids is 1. The predicted molar refractivity (Wildman–Crippen MR) is 137 cm³/mol. The molecule has 2 heterocycles. The average molecular weight is 537 g/mol. The van der Waals surface area contributed by atoms with Gasteiger partial charge in [-0.15, -0.1) is 24.0 Å². The Morgan fingerprint density at radius 1 is 0.933 bits per heavy atom. The van der Waals surface area contributed by atoms with Gasteiger partial charge >= 0.3 is 0 Å². The first-order valence-electron chi connectivity index (χ1n) is 11.9. The van der Waals surface area contributed by atoms with Gasteiger partial charge in [0.25, 0.3) is 0 Å². The molecule has 0 radical (unpaired) electrons. The summed E-state index contributed by atoms with van der Waals surface area (Å²) in [4.78, 5) is 21.1. The number of likely N-dealkylation sites (tertiary alicyclic amines) is 2. The van der Waals surface area contributed by atoms with Crippen molar-refractivity contribution < 1.29 is 4.79 Å². The summed E-state index contributed by atoms with van der Waals surface area (Å²) in [6, 6.07) is 0. The zero-order valence-electron chi connectivity index (χ0n) is 19.0. The van der Waals surface area contributed by atoms with Crippen LogP contribution in [0.1, 0.15) is 64.7 Å². The van der Waals surface area contributed by atoms with Crippen molar-refractivity contribution in [2.24, 2.45) is 16.6 Å². The van der Waals surface area contributed by atoms with Gasteiger partial charge in [-0.2, -0.15) is 0 Å². The van der Waals surface area contributed by atoms with E-state index in [4.69, 9.17) is 10.7 Å². The predicted octanol–water partition coefficient (Wildman–Crippen LogP) is 2.40. The van der Waals surface area contributed by atoms with Gasteiger partial charge < -0.3 is 26.2 Å². The third kappa shape index (κ3) is 11.7. The molecule has 0 aromatic carbocycles. The van der Waals surface area contributed by atoms with Crippen molar-refractivity contribution in [1.29, 1.82) is 0 Å². The zero-order valence-corrected chi connectivity index (χ0v) is 21.4. The minimum atomic E-state index is -0.129. The van der Waals surface area contributed by atoms with Gasteiger partial charge in [-0.25, -0.2) is 0 Å². The van der Waals surface area contributed by atoms with Crippen LogP contribution in [0.2, 0.25) is 0 Å². The Morgan fingerprint density at radius 2 is 1.57 bits per heavy atom. The molecular formula is C22H45IN6O. The molecule has 0 atom stereocenters. The number of halogens is 1. The lowest BCUT2D eigenvalue weighted by molar-refractivity contribution is -0.123. The topological polar surface area (TPSA) is 86.0 Å². The molecule has 30 heavy (non-hydrogen) atoms. The van der Waals surface area contributed by atoms with Crippen LogP contribution in [-0.4, -0.2) is 80.6 Å². The summed E-state index contributed by atoms with van der Waals surface area (Å²) < 4.78 is 0. The molecule has 0 bridgehead atoms. The fraction of sp³-hybridized carbons (Fsp3) is 0.909. The smallest absolute Gasteiger partial charge is 0.220 e. The Labute approximate surface area is 201 Å². The molecule has 0 aromatic rings. The summed E-state index contributed by atoms with van der Waals surface area (Å²) in [6.45, 7) is 11.7. The summed E-state index contributed by atoms with van der Waals surface area (Å²) in [7, 11) is 0. The van der Waals surface area contributed by atoms with E-state index in [1.165, 1.54) is 51.7 Å². The van der Waals surface area contributed by atoms with Gasteiger partial charge in [0.2, 0.25) is 5.91 Å². The number of amides is 1. The number of primary amides is 1. The maximum absolute atomic E-state index is 11.2. The SMILES string of the molecule is CCNC(=NCCCN1CCCCCC1)NCCCCN1CCC(C(N)=O)CC1.I. The largest absolute Gasteiger partial charge is 0.369 e.